The third-order valence-corrected chi connectivity index (χ3v) is 6.56. The lowest BCUT2D eigenvalue weighted by Crippen LogP contribution is -2.44. The fourth-order valence-electron chi connectivity index (χ4n) is 5.13. The molecule has 4 heteroatoms. The Hall–Kier alpha value is -4.05. The Balaban J connectivity index is 1.60. The van der Waals surface area contributed by atoms with E-state index >= 15 is 0 Å². The van der Waals surface area contributed by atoms with Crippen LogP contribution in [-0.4, -0.2) is 17.6 Å². The van der Waals surface area contributed by atoms with Crippen LogP contribution in [-0.2, 0) is 10.2 Å². The molecule has 1 N–H and O–H groups in total. The number of hydrogen-bond acceptors (Lipinski definition) is 3. The van der Waals surface area contributed by atoms with Gasteiger partial charge < -0.3 is 9.84 Å². The first-order valence-corrected chi connectivity index (χ1v) is 10.7. The Bertz CT molecular complexity index is 1280. The number of phenolic OH excluding ortho intramolecular Hbond substituents is 1. The van der Waals surface area contributed by atoms with Crippen LogP contribution >= 0.6 is 0 Å². The number of phenols is 1. The summed E-state index contributed by atoms with van der Waals surface area (Å²) in [5.74, 6) is 0.726. The average Bonchev–Trinajstić information content (AvgIpc) is 3.33. The van der Waals surface area contributed by atoms with Gasteiger partial charge in [-0.1, -0.05) is 78.9 Å². The first-order chi connectivity index (χ1) is 15.7. The lowest BCUT2D eigenvalue weighted by molar-refractivity contribution is -0.122. The van der Waals surface area contributed by atoms with Gasteiger partial charge in [-0.2, -0.15) is 0 Å². The number of fused-ring (bicyclic) bond motifs is 4. The fourth-order valence-corrected chi connectivity index (χ4v) is 5.13. The van der Waals surface area contributed by atoms with Gasteiger partial charge in [0.2, 0.25) is 5.91 Å². The van der Waals surface area contributed by atoms with E-state index in [1.54, 1.807) is 18.2 Å². The molecule has 32 heavy (non-hydrogen) atoms. The molecule has 2 heterocycles. The number of carbonyl (C=O) groups excluding carboxylic acids is 1. The lowest BCUT2D eigenvalue weighted by Gasteiger charge is -2.31. The van der Waals surface area contributed by atoms with Gasteiger partial charge in [0, 0.05) is 11.3 Å². The molecule has 0 fully saturated rings. The summed E-state index contributed by atoms with van der Waals surface area (Å²) in [4.78, 5) is 16.3. The number of hydrogen-bond donors (Lipinski definition) is 1. The van der Waals surface area contributed by atoms with E-state index in [1.165, 1.54) is 0 Å². The van der Waals surface area contributed by atoms with E-state index in [9.17, 15) is 9.90 Å². The van der Waals surface area contributed by atoms with Gasteiger partial charge in [-0.05, 0) is 41.0 Å². The number of carbonyl (C=O) groups is 1. The maximum Gasteiger partial charge on any atom is 0.246 e. The minimum absolute atomic E-state index is 0.0410. The molecule has 4 aromatic carbocycles. The van der Waals surface area contributed by atoms with E-state index in [-0.39, 0.29) is 24.3 Å². The van der Waals surface area contributed by atoms with Crippen LogP contribution in [0.2, 0.25) is 0 Å². The lowest BCUT2D eigenvalue weighted by atomic mass is 9.77. The van der Waals surface area contributed by atoms with Crippen molar-refractivity contribution in [3.05, 3.63) is 125 Å². The highest BCUT2D eigenvalue weighted by Crippen LogP contribution is 2.55. The second kappa shape index (κ2) is 6.99. The topological polar surface area (TPSA) is 49.8 Å². The summed E-state index contributed by atoms with van der Waals surface area (Å²) in [6, 6.07) is 32.8. The molecule has 1 atom stereocenters. The van der Waals surface area contributed by atoms with E-state index in [0.717, 1.165) is 27.9 Å². The van der Waals surface area contributed by atoms with Crippen LogP contribution in [0, 0.1) is 0 Å². The van der Waals surface area contributed by atoms with Crippen molar-refractivity contribution in [1.29, 1.82) is 0 Å². The van der Waals surface area contributed by atoms with E-state index in [2.05, 4.69) is 24.3 Å². The summed E-state index contributed by atoms with van der Waals surface area (Å²) in [5.41, 5.74) is 3.59. The summed E-state index contributed by atoms with van der Waals surface area (Å²) in [5, 5.41) is 10.2. The van der Waals surface area contributed by atoms with Crippen molar-refractivity contribution in [1.82, 2.24) is 0 Å². The van der Waals surface area contributed by atoms with Crippen molar-refractivity contribution in [3.8, 4) is 11.5 Å². The summed E-state index contributed by atoms with van der Waals surface area (Å²) in [6.07, 6.45) is 0. The van der Waals surface area contributed by atoms with Gasteiger partial charge in [0.05, 0.1) is 6.04 Å². The Morgan fingerprint density at radius 2 is 1.41 bits per heavy atom. The molecule has 1 spiro atoms. The normalized spacial score (nSPS) is 18.7. The molecule has 4 nitrogen and oxygen atoms in total. The van der Waals surface area contributed by atoms with Gasteiger partial charge in [-0.15, -0.1) is 0 Å². The van der Waals surface area contributed by atoms with Gasteiger partial charge in [0.25, 0.3) is 0 Å². The molecule has 6 rings (SSSR count). The molecule has 0 bridgehead atoms. The first-order valence-electron chi connectivity index (χ1n) is 10.7. The molecule has 2 aliphatic rings. The Labute approximate surface area is 186 Å². The van der Waals surface area contributed by atoms with E-state index in [0.29, 0.717) is 5.75 Å². The standard InChI is InChI=1S/C28H21NO3/c30-21-15-16-25-23(17-21)28(18-32-25)22-13-7-8-14-24(22)29(27(28)31)26(19-9-3-1-4-10-19)20-11-5-2-6-12-20/h1-17,26,30H,18H2. The van der Waals surface area contributed by atoms with Crippen LogP contribution in [0.25, 0.3) is 0 Å². The van der Waals surface area contributed by atoms with Crippen LogP contribution in [0.15, 0.2) is 103 Å². The Kier molecular flexibility index (Phi) is 4.08. The zero-order chi connectivity index (χ0) is 21.7. The number of nitrogens with zero attached hydrogens (tertiary/aromatic N) is 1. The monoisotopic (exact) mass is 419 g/mol. The molecule has 4 aromatic rings. The predicted octanol–water partition coefficient (Wildman–Crippen LogP) is 5.21. The van der Waals surface area contributed by atoms with Gasteiger partial charge in [0.15, 0.2) is 0 Å². The molecule has 0 aliphatic carbocycles. The molecule has 0 radical (unpaired) electrons. The highest BCUT2D eigenvalue weighted by atomic mass is 16.5. The smallest absolute Gasteiger partial charge is 0.246 e. The Morgan fingerprint density at radius 1 is 0.781 bits per heavy atom. The van der Waals surface area contributed by atoms with Gasteiger partial charge in [-0.25, -0.2) is 0 Å². The zero-order valence-electron chi connectivity index (χ0n) is 17.3. The molecule has 1 unspecified atom stereocenters. The third-order valence-electron chi connectivity index (χ3n) is 6.56. The molecule has 1 amide bonds. The van der Waals surface area contributed by atoms with Gasteiger partial charge in [-0.3, -0.25) is 9.69 Å². The largest absolute Gasteiger partial charge is 0.508 e. The van der Waals surface area contributed by atoms with Crippen molar-refractivity contribution in [2.24, 2.45) is 0 Å². The van der Waals surface area contributed by atoms with Crippen LogP contribution in [0.5, 0.6) is 11.5 Å². The maximum atomic E-state index is 14.4. The van der Waals surface area contributed by atoms with Crippen molar-refractivity contribution < 1.29 is 14.6 Å². The molecular weight excluding hydrogens is 398 g/mol. The van der Waals surface area contributed by atoms with Crippen molar-refractivity contribution >= 4 is 11.6 Å². The molecule has 0 saturated carbocycles. The minimum Gasteiger partial charge on any atom is -0.508 e. The minimum atomic E-state index is -0.980. The molecule has 0 saturated heterocycles. The zero-order valence-corrected chi connectivity index (χ0v) is 17.3. The second-order valence-corrected chi connectivity index (χ2v) is 8.29. The number of benzene rings is 4. The average molecular weight is 419 g/mol. The summed E-state index contributed by atoms with van der Waals surface area (Å²) >= 11 is 0. The van der Waals surface area contributed by atoms with Gasteiger partial charge in [0.1, 0.15) is 23.5 Å². The number of anilines is 1. The number of aromatic hydroxyl groups is 1. The van der Waals surface area contributed by atoms with Crippen molar-refractivity contribution in [2.45, 2.75) is 11.5 Å². The number of ether oxygens (including phenoxy) is 1. The highest BCUT2D eigenvalue weighted by molar-refractivity contribution is 6.12. The van der Waals surface area contributed by atoms with Crippen molar-refractivity contribution in [3.63, 3.8) is 0 Å². The highest BCUT2D eigenvalue weighted by Gasteiger charge is 2.58. The van der Waals surface area contributed by atoms with E-state index in [4.69, 9.17) is 4.74 Å². The van der Waals surface area contributed by atoms with Crippen molar-refractivity contribution in [2.75, 3.05) is 11.5 Å². The third kappa shape index (κ3) is 2.53. The van der Waals surface area contributed by atoms with Crippen LogP contribution in [0.1, 0.15) is 28.3 Å². The SMILES string of the molecule is O=C1N(C(c2ccccc2)c2ccccc2)c2ccccc2C12COc1ccc(O)cc12. The molecule has 2 aliphatic heterocycles. The molecule has 0 aromatic heterocycles. The maximum absolute atomic E-state index is 14.4. The summed E-state index contributed by atoms with van der Waals surface area (Å²) in [7, 11) is 0. The van der Waals surface area contributed by atoms with Gasteiger partial charge >= 0.3 is 0 Å². The summed E-state index contributed by atoms with van der Waals surface area (Å²) < 4.78 is 6.00. The number of rotatable bonds is 3. The van der Waals surface area contributed by atoms with E-state index < -0.39 is 5.41 Å². The quantitative estimate of drug-likeness (QED) is 0.496. The fraction of sp³-hybridized carbons (Fsp3) is 0.107. The van der Waals surface area contributed by atoms with Crippen LogP contribution < -0.4 is 9.64 Å². The predicted molar refractivity (Wildman–Crippen MR) is 123 cm³/mol. The first kappa shape index (κ1) is 18.7. The second-order valence-electron chi connectivity index (χ2n) is 8.29. The molecular formula is C28H21NO3. The molecule has 156 valence electrons. The van der Waals surface area contributed by atoms with Crippen LogP contribution in [0.3, 0.4) is 0 Å². The van der Waals surface area contributed by atoms with E-state index in [1.807, 2.05) is 65.6 Å². The summed E-state index contributed by atoms with van der Waals surface area (Å²) in [6.45, 7) is 0.217. The number of para-hydroxylation sites is 1. The Morgan fingerprint density at radius 3 is 2.09 bits per heavy atom. The van der Waals surface area contributed by atoms with Crippen LogP contribution in [0.4, 0.5) is 5.69 Å². The number of amides is 1.